The molecule has 43 heavy (non-hydrogen) atoms. The molecule has 3 aliphatic rings. The van der Waals surface area contributed by atoms with Crippen LogP contribution in [0.4, 0.5) is 0 Å². The number of aliphatic imine (C=N–C) groups is 1. The molecule has 2 aromatic rings. The van der Waals surface area contributed by atoms with Crippen LogP contribution >= 0.6 is 0 Å². The Hall–Kier alpha value is -3.46. The number of carbonyl (C=O) groups excluding carboxylic acids is 1. The van der Waals surface area contributed by atoms with E-state index in [1.165, 1.54) is 11.1 Å². The van der Waals surface area contributed by atoms with E-state index in [-0.39, 0.29) is 30.1 Å². The van der Waals surface area contributed by atoms with Crippen molar-refractivity contribution < 1.29 is 19.7 Å². The van der Waals surface area contributed by atoms with Gasteiger partial charge in [-0.25, -0.2) is 0 Å². The molecule has 6 N–H and O–H groups in total. The lowest BCUT2D eigenvalue weighted by molar-refractivity contribution is -0.121. The third-order valence-corrected chi connectivity index (χ3v) is 9.12. The molecule has 230 valence electrons. The molecule has 8 heteroatoms. The molecule has 0 unspecified atom stereocenters. The molecule has 8 nitrogen and oxygen atoms in total. The first-order chi connectivity index (χ1) is 20.8. The number of allylic oxidation sites excluding steroid dienone is 1. The molecule has 2 aromatic carbocycles. The molecule has 1 saturated carbocycles. The molecule has 2 heterocycles. The van der Waals surface area contributed by atoms with Crippen LogP contribution in [0, 0.1) is 0 Å². The van der Waals surface area contributed by atoms with Gasteiger partial charge in [0.2, 0.25) is 0 Å². The molecule has 0 spiro atoms. The Morgan fingerprint density at radius 1 is 1.14 bits per heavy atom. The summed E-state index contributed by atoms with van der Waals surface area (Å²) in [6.07, 6.45) is 12.4. The van der Waals surface area contributed by atoms with Crippen LogP contribution < -0.4 is 16.2 Å². The lowest BCUT2D eigenvalue weighted by Crippen LogP contribution is -2.27. The minimum Gasteiger partial charge on any atom is -0.504 e. The van der Waals surface area contributed by atoms with Crippen molar-refractivity contribution in [1.82, 2.24) is 4.90 Å². The number of nitrogens with zero attached hydrogens (tertiary/aromatic N) is 2. The fourth-order valence-electron chi connectivity index (χ4n) is 6.69. The average Bonchev–Trinajstić information content (AvgIpc) is 3.73. The Labute approximate surface area is 255 Å². The third kappa shape index (κ3) is 7.20. The number of unbranched alkanes of at least 4 members (excludes halogenated alkanes) is 2. The summed E-state index contributed by atoms with van der Waals surface area (Å²) >= 11 is 0. The number of phenolic OH excluding ortho intramolecular Hbond substituents is 1. The van der Waals surface area contributed by atoms with Gasteiger partial charge in [-0.05, 0) is 60.1 Å². The summed E-state index contributed by atoms with van der Waals surface area (Å²) in [5.41, 5.74) is 18.4. The fourth-order valence-corrected chi connectivity index (χ4v) is 6.69. The number of aromatic hydroxyl groups is 1. The summed E-state index contributed by atoms with van der Waals surface area (Å²) in [5, 5.41) is 20.6. The Morgan fingerprint density at radius 2 is 1.95 bits per heavy atom. The van der Waals surface area contributed by atoms with Gasteiger partial charge in [0, 0.05) is 36.2 Å². The lowest BCUT2D eigenvalue weighted by atomic mass is 9.70. The van der Waals surface area contributed by atoms with Crippen molar-refractivity contribution in [3.8, 4) is 11.5 Å². The quantitative estimate of drug-likeness (QED) is 0.159. The maximum atomic E-state index is 12.4. The van der Waals surface area contributed by atoms with Crippen molar-refractivity contribution >= 4 is 11.5 Å². The number of Topliss-reactive ketones (excluding diaryl/α,β-unsaturated/α-hetero) is 1. The first-order valence-corrected chi connectivity index (χ1v) is 15.8. The SMILES string of the molecule is CCCCC[C@@H](O)CC(=O)CCc1ccc(O)c(OCN2C=C3C(C4(c5cccc(C(N)N)c5)CCCC4)=CN=C3C2)c1. The highest BCUT2D eigenvalue weighted by Gasteiger charge is 2.44. The van der Waals surface area contributed by atoms with Gasteiger partial charge in [-0.1, -0.05) is 69.4 Å². The highest BCUT2D eigenvalue weighted by atomic mass is 16.5. The average molecular weight is 587 g/mol. The van der Waals surface area contributed by atoms with Crippen LogP contribution in [0.15, 0.2) is 71.0 Å². The normalized spacial score (nSPS) is 18.0. The zero-order chi connectivity index (χ0) is 30.4. The van der Waals surface area contributed by atoms with Crippen molar-refractivity contribution in [2.75, 3.05) is 13.3 Å². The van der Waals surface area contributed by atoms with Crippen LogP contribution in [0.25, 0.3) is 0 Å². The Kier molecular flexibility index (Phi) is 10.0. The van der Waals surface area contributed by atoms with Crippen LogP contribution in [0.5, 0.6) is 11.5 Å². The van der Waals surface area contributed by atoms with E-state index in [0.29, 0.717) is 31.6 Å². The number of phenols is 1. The van der Waals surface area contributed by atoms with Gasteiger partial charge >= 0.3 is 0 Å². The number of benzene rings is 2. The number of ether oxygens (including phenoxy) is 1. The largest absolute Gasteiger partial charge is 0.504 e. The predicted octanol–water partition coefficient (Wildman–Crippen LogP) is 5.53. The molecule has 5 rings (SSSR count). The Bertz CT molecular complexity index is 1390. The first-order valence-electron chi connectivity index (χ1n) is 15.8. The summed E-state index contributed by atoms with van der Waals surface area (Å²) in [7, 11) is 0. The topological polar surface area (TPSA) is 134 Å². The minimum absolute atomic E-state index is 0.0528. The van der Waals surface area contributed by atoms with Crippen molar-refractivity contribution in [2.45, 2.75) is 95.2 Å². The number of aliphatic hydroxyl groups excluding tert-OH is 1. The summed E-state index contributed by atoms with van der Waals surface area (Å²) in [5.74, 6) is 0.506. The molecular formula is C35H46N4O4. The summed E-state index contributed by atoms with van der Waals surface area (Å²) in [6, 6.07) is 13.6. The van der Waals surface area contributed by atoms with Crippen molar-refractivity contribution in [2.24, 2.45) is 16.5 Å². The second-order valence-electron chi connectivity index (χ2n) is 12.3. The van der Waals surface area contributed by atoms with Gasteiger partial charge in [0.05, 0.1) is 24.5 Å². The van der Waals surface area contributed by atoms with Crippen molar-refractivity contribution in [3.05, 3.63) is 82.7 Å². The van der Waals surface area contributed by atoms with E-state index in [2.05, 4.69) is 30.2 Å². The van der Waals surface area contributed by atoms with Crippen LogP contribution in [-0.2, 0) is 16.6 Å². The van der Waals surface area contributed by atoms with Crippen LogP contribution in [0.3, 0.4) is 0 Å². The van der Waals surface area contributed by atoms with Crippen molar-refractivity contribution in [1.29, 1.82) is 0 Å². The Balaban J connectivity index is 1.21. The van der Waals surface area contributed by atoms with Crippen molar-refractivity contribution in [3.63, 3.8) is 0 Å². The molecule has 1 fully saturated rings. The van der Waals surface area contributed by atoms with Gasteiger partial charge in [0.15, 0.2) is 18.2 Å². The highest BCUT2D eigenvalue weighted by Crippen LogP contribution is 2.51. The number of ketones is 1. The van der Waals surface area contributed by atoms with Crippen LogP contribution in [0.2, 0.25) is 0 Å². The van der Waals surface area contributed by atoms with E-state index in [1.54, 1.807) is 12.1 Å². The van der Waals surface area contributed by atoms with E-state index >= 15 is 0 Å². The number of hydrogen-bond donors (Lipinski definition) is 4. The van der Waals surface area contributed by atoms with Gasteiger partial charge in [-0.15, -0.1) is 0 Å². The fraction of sp³-hybridized carbons (Fsp3) is 0.486. The van der Waals surface area contributed by atoms with Gasteiger partial charge in [0.1, 0.15) is 5.78 Å². The monoisotopic (exact) mass is 586 g/mol. The number of hydrogen-bond acceptors (Lipinski definition) is 8. The van der Waals surface area contributed by atoms with E-state index in [1.807, 2.05) is 24.4 Å². The molecule has 1 atom stereocenters. The van der Waals surface area contributed by atoms with E-state index in [9.17, 15) is 15.0 Å². The smallest absolute Gasteiger partial charge is 0.163 e. The number of fused-ring (bicyclic) bond motifs is 1. The summed E-state index contributed by atoms with van der Waals surface area (Å²) in [6.45, 7) is 3.02. The molecule has 1 aliphatic carbocycles. The summed E-state index contributed by atoms with van der Waals surface area (Å²) in [4.78, 5) is 19.3. The number of carbonyl (C=O) groups is 1. The van der Waals surface area contributed by atoms with E-state index < -0.39 is 12.3 Å². The Morgan fingerprint density at radius 3 is 2.72 bits per heavy atom. The van der Waals surface area contributed by atoms with E-state index in [0.717, 1.165) is 67.4 Å². The molecule has 0 radical (unpaired) electrons. The van der Waals surface area contributed by atoms with Crippen LogP contribution in [0.1, 0.15) is 94.0 Å². The third-order valence-electron chi connectivity index (χ3n) is 9.12. The standard InChI is InChI=1S/C35H46N4O4/c1-2-3-4-10-27(40)19-28(41)13-11-24-12-14-32(42)33(17-24)43-23-39-21-29-30(20-38-31(29)22-39)35(15-5-6-16-35)26-9-7-8-25(18-26)34(36)37/h7-9,12,14,17-18,20-21,27,34,40,42H,2-6,10-11,13,15-16,19,22-23,36-37H2,1H3/t27-/m1/s1. The van der Waals surface area contributed by atoms with Gasteiger partial charge in [0.25, 0.3) is 0 Å². The number of aryl methyl sites for hydroxylation is 1. The highest BCUT2D eigenvalue weighted by molar-refractivity contribution is 6.10. The van der Waals surface area contributed by atoms with E-state index in [4.69, 9.17) is 21.2 Å². The maximum absolute atomic E-state index is 12.4. The predicted molar refractivity (Wildman–Crippen MR) is 170 cm³/mol. The molecule has 0 bridgehead atoms. The second kappa shape index (κ2) is 13.9. The summed E-state index contributed by atoms with van der Waals surface area (Å²) < 4.78 is 6.07. The first kappa shape index (κ1) is 31.0. The van der Waals surface area contributed by atoms with Gasteiger partial charge in [-0.2, -0.15) is 0 Å². The number of rotatable bonds is 15. The molecule has 2 aliphatic heterocycles. The minimum atomic E-state index is -0.565. The molecule has 0 amide bonds. The zero-order valence-corrected chi connectivity index (χ0v) is 25.3. The molecular weight excluding hydrogens is 540 g/mol. The van der Waals surface area contributed by atoms with Gasteiger partial charge in [-0.3, -0.25) is 9.79 Å². The van der Waals surface area contributed by atoms with Crippen LogP contribution in [-0.4, -0.2) is 46.0 Å². The maximum Gasteiger partial charge on any atom is 0.163 e. The molecule has 0 saturated heterocycles. The number of aliphatic hydroxyl groups is 1. The lowest BCUT2D eigenvalue weighted by Gasteiger charge is -2.32. The molecule has 0 aromatic heterocycles. The second-order valence-corrected chi connectivity index (χ2v) is 12.3. The van der Waals surface area contributed by atoms with Gasteiger partial charge < -0.3 is 31.3 Å². The zero-order valence-electron chi connectivity index (χ0n) is 25.3. The number of nitrogens with two attached hydrogens (primary N) is 2.